The first-order valence-corrected chi connectivity index (χ1v) is 10.5. The lowest BCUT2D eigenvalue weighted by Crippen LogP contribution is -2.33. The van der Waals surface area contributed by atoms with Gasteiger partial charge in [-0.2, -0.15) is 5.10 Å². The van der Waals surface area contributed by atoms with Crippen molar-refractivity contribution >= 4 is 34.7 Å². The molecule has 0 bridgehead atoms. The molecule has 1 aliphatic heterocycles. The molecule has 0 saturated carbocycles. The number of esters is 1. The first-order valence-electron chi connectivity index (χ1n) is 10.1. The molecule has 1 aliphatic rings. The van der Waals surface area contributed by atoms with Crippen molar-refractivity contribution in [2.45, 2.75) is 19.3 Å². The lowest BCUT2D eigenvalue weighted by atomic mass is 9.97. The first-order chi connectivity index (χ1) is 15.7. The fourth-order valence-electron chi connectivity index (χ4n) is 3.74. The summed E-state index contributed by atoms with van der Waals surface area (Å²) < 4.78 is 36.2. The molecule has 0 N–H and O–H groups in total. The fourth-order valence-corrected chi connectivity index (χ4v) is 3.99. The van der Waals surface area contributed by atoms with Crippen LogP contribution in [0.25, 0.3) is 11.3 Å². The summed E-state index contributed by atoms with van der Waals surface area (Å²) in [7, 11) is 1.12. The minimum absolute atomic E-state index is 0.0820. The molecular weight excluding hydrogens is 452 g/mol. The molecule has 0 unspecified atom stereocenters. The van der Waals surface area contributed by atoms with Crippen LogP contribution in [-0.4, -0.2) is 41.2 Å². The van der Waals surface area contributed by atoms with Gasteiger partial charge in [0.15, 0.2) is 0 Å². The van der Waals surface area contributed by atoms with Gasteiger partial charge in [0, 0.05) is 36.4 Å². The summed E-state index contributed by atoms with van der Waals surface area (Å²) in [6, 6.07) is 12.9. The minimum Gasteiger partial charge on any atom is -0.466 e. The number of para-hydroxylation sites is 1. The van der Waals surface area contributed by atoms with E-state index in [4.69, 9.17) is 11.6 Å². The quantitative estimate of drug-likeness (QED) is 0.395. The zero-order chi connectivity index (χ0) is 23.8. The van der Waals surface area contributed by atoms with Crippen molar-refractivity contribution in [3.8, 4) is 5.69 Å². The fraction of sp³-hybridized carbons (Fsp3) is 0.208. The van der Waals surface area contributed by atoms with E-state index in [1.807, 2.05) is 13.0 Å². The number of hydrogen-bond acceptors (Lipinski definition) is 4. The van der Waals surface area contributed by atoms with Crippen molar-refractivity contribution in [3.05, 3.63) is 82.6 Å². The highest BCUT2D eigenvalue weighted by atomic mass is 35.5. The number of methoxy groups -OCH3 is 1. The average Bonchev–Trinajstić information content (AvgIpc) is 3.19. The first kappa shape index (κ1) is 22.7. The molecule has 4 rings (SSSR count). The number of alkyl halides is 2. The molecule has 0 aliphatic carbocycles. The van der Waals surface area contributed by atoms with E-state index in [-0.39, 0.29) is 28.4 Å². The van der Waals surface area contributed by atoms with Crippen LogP contribution in [0.1, 0.15) is 28.0 Å². The number of allylic oxidation sites excluding steroid dienone is 1. The third-order valence-electron chi connectivity index (χ3n) is 5.41. The maximum atomic E-state index is 15.0. The number of fused-ring (bicyclic) bond motifs is 1. The van der Waals surface area contributed by atoms with Crippen LogP contribution in [0.3, 0.4) is 0 Å². The zero-order valence-corrected chi connectivity index (χ0v) is 18.6. The van der Waals surface area contributed by atoms with Crippen molar-refractivity contribution < 1.29 is 23.1 Å². The van der Waals surface area contributed by atoms with Crippen molar-refractivity contribution in [2.24, 2.45) is 0 Å². The normalized spacial score (nSPS) is 16.3. The van der Waals surface area contributed by atoms with Gasteiger partial charge in [-0.3, -0.25) is 4.79 Å². The number of halogens is 3. The average molecular weight is 472 g/mol. The van der Waals surface area contributed by atoms with E-state index in [0.717, 1.165) is 18.9 Å². The molecule has 2 aromatic carbocycles. The largest absolute Gasteiger partial charge is 0.466 e. The Labute approximate surface area is 194 Å². The number of aryl methyl sites for hydroxylation is 1. The van der Waals surface area contributed by atoms with E-state index in [1.165, 1.54) is 11.0 Å². The monoisotopic (exact) mass is 471 g/mol. The number of amides is 1. The van der Waals surface area contributed by atoms with Gasteiger partial charge in [0.25, 0.3) is 11.8 Å². The van der Waals surface area contributed by atoms with Crippen LogP contribution < -0.4 is 4.90 Å². The van der Waals surface area contributed by atoms with Gasteiger partial charge in [-0.15, -0.1) is 0 Å². The van der Waals surface area contributed by atoms with Gasteiger partial charge in [-0.05, 0) is 37.3 Å². The Bertz CT molecular complexity index is 1270. The number of rotatable bonds is 3. The molecule has 0 spiro atoms. The topological polar surface area (TPSA) is 64.4 Å². The SMILES string of the molecule is COC(=O)C=C1c2ccccc2N(C(=O)c2ccc(-n3ccc(C)n3)cc2Cl)CCC1(F)F. The maximum Gasteiger partial charge on any atom is 0.330 e. The van der Waals surface area contributed by atoms with Crippen LogP contribution >= 0.6 is 11.6 Å². The van der Waals surface area contributed by atoms with Gasteiger partial charge >= 0.3 is 5.97 Å². The van der Waals surface area contributed by atoms with Crippen LogP contribution in [0.4, 0.5) is 14.5 Å². The number of carbonyl (C=O) groups excluding carboxylic acids is 2. The lowest BCUT2D eigenvalue weighted by molar-refractivity contribution is -0.134. The number of nitrogens with zero attached hydrogens (tertiary/aromatic N) is 3. The van der Waals surface area contributed by atoms with E-state index < -0.39 is 29.8 Å². The summed E-state index contributed by atoms with van der Waals surface area (Å²) in [6.07, 6.45) is 1.88. The zero-order valence-electron chi connectivity index (χ0n) is 17.9. The Balaban J connectivity index is 1.76. The molecule has 170 valence electrons. The number of carbonyl (C=O) groups is 2. The summed E-state index contributed by atoms with van der Waals surface area (Å²) >= 11 is 6.43. The lowest BCUT2D eigenvalue weighted by Gasteiger charge is -2.23. The molecule has 0 atom stereocenters. The second kappa shape index (κ2) is 8.78. The van der Waals surface area contributed by atoms with Gasteiger partial charge in [0.1, 0.15) is 0 Å². The Morgan fingerprint density at radius 3 is 2.61 bits per heavy atom. The van der Waals surface area contributed by atoms with E-state index >= 15 is 8.78 Å². The van der Waals surface area contributed by atoms with Gasteiger partial charge in [-0.25, -0.2) is 18.3 Å². The molecule has 6 nitrogen and oxygen atoms in total. The number of anilines is 1. The Kier molecular flexibility index (Phi) is 6.03. The molecule has 9 heteroatoms. The summed E-state index contributed by atoms with van der Waals surface area (Å²) in [5, 5.41) is 4.49. The minimum atomic E-state index is -3.34. The van der Waals surface area contributed by atoms with Crippen LogP contribution in [0, 0.1) is 6.92 Å². The van der Waals surface area contributed by atoms with Crippen molar-refractivity contribution in [1.29, 1.82) is 0 Å². The Morgan fingerprint density at radius 1 is 1.18 bits per heavy atom. The van der Waals surface area contributed by atoms with Crippen molar-refractivity contribution in [3.63, 3.8) is 0 Å². The van der Waals surface area contributed by atoms with Crippen molar-refractivity contribution in [1.82, 2.24) is 9.78 Å². The molecule has 0 radical (unpaired) electrons. The number of ether oxygens (including phenoxy) is 1. The molecule has 1 amide bonds. The number of hydrogen-bond donors (Lipinski definition) is 0. The molecule has 2 heterocycles. The van der Waals surface area contributed by atoms with Crippen LogP contribution in [-0.2, 0) is 9.53 Å². The second-order valence-electron chi connectivity index (χ2n) is 7.58. The molecule has 3 aromatic rings. The molecular formula is C24H20ClF2N3O3. The highest BCUT2D eigenvalue weighted by molar-refractivity contribution is 6.34. The Morgan fingerprint density at radius 2 is 1.94 bits per heavy atom. The summed E-state index contributed by atoms with van der Waals surface area (Å²) in [5.74, 6) is -4.76. The van der Waals surface area contributed by atoms with E-state index in [1.54, 1.807) is 47.3 Å². The molecule has 0 fully saturated rings. The smallest absolute Gasteiger partial charge is 0.330 e. The maximum absolute atomic E-state index is 15.0. The Hall–Kier alpha value is -3.52. The second-order valence-corrected chi connectivity index (χ2v) is 7.98. The molecule has 33 heavy (non-hydrogen) atoms. The van der Waals surface area contributed by atoms with Gasteiger partial charge in [-0.1, -0.05) is 29.8 Å². The van der Waals surface area contributed by atoms with Gasteiger partial charge < -0.3 is 9.64 Å². The van der Waals surface area contributed by atoms with Crippen LogP contribution in [0.2, 0.25) is 5.02 Å². The van der Waals surface area contributed by atoms with E-state index in [9.17, 15) is 9.59 Å². The molecule has 1 aromatic heterocycles. The van der Waals surface area contributed by atoms with Gasteiger partial charge in [0.2, 0.25) is 0 Å². The summed E-state index contributed by atoms with van der Waals surface area (Å²) in [6.45, 7) is 1.59. The van der Waals surface area contributed by atoms with Crippen molar-refractivity contribution in [2.75, 3.05) is 18.6 Å². The highest BCUT2D eigenvalue weighted by Gasteiger charge is 2.41. The summed E-state index contributed by atoms with van der Waals surface area (Å²) in [4.78, 5) is 26.5. The van der Waals surface area contributed by atoms with Crippen LogP contribution in [0.5, 0.6) is 0 Å². The highest BCUT2D eigenvalue weighted by Crippen LogP contribution is 2.43. The predicted octanol–water partition coefficient (Wildman–Crippen LogP) is 5.08. The van der Waals surface area contributed by atoms with E-state index in [2.05, 4.69) is 9.84 Å². The van der Waals surface area contributed by atoms with E-state index in [0.29, 0.717) is 5.69 Å². The molecule has 0 saturated heterocycles. The number of aromatic nitrogens is 2. The standard InChI is InChI=1S/C24H20ClF2N3O3/c1-15-9-11-30(28-15)16-7-8-18(20(25)13-16)23(32)29-12-10-24(26,27)19(14-22(31)33-2)17-5-3-4-6-21(17)29/h3-9,11,13-14H,10,12H2,1-2H3. The third kappa shape index (κ3) is 4.39. The predicted molar refractivity (Wildman–Crippen MR) is 121 cm³/mol. The summed E-state index contributed by atoms with van der Waals surface area (Å²) in [5.41, 5.74) is 1.51. The van der Waals surface area contributed by atoms with Gasteiger partial charge in [0.05, 0.1) is 34.8 Å². The third-order valence-corrected chi connectivity index (χ3v) is 5.72. The number of benzene rings is 2. The van der Waals surface area contributed by atoms with Crippen LogP contribution in [0.15, 0.2) is 60.8 Å².